The Morgan fingerprint density at radius 3 is 2.21 bits per heavy atom. The fourth-order valence-corrected chi connectivity index (χ4v) is 2.19. The molecule has 0 aliphatic heterocycles. The van der Waals surface area contributed by atoms with Crippen LogP contribution in [0.3, 0.4) is 0 Å². The van der Waals surface area contributed by atoms with Crippen molar-refractivity contribution in [3.05, 3.63) is 35.4 Å². The molecule has 2 nitrogen and oxygen atoms in total. The van der Waals surface area contributed by atoms with E-state index in [0.717, 1.165) is 19.4 Å². The number of methoxy groups -OCH3 is 1. The second-order valence-corrected chi connectivity index (χ2v) is 5.60. The summed E-state index contributed by atoms with van der Waals surface area (Å²) in [5.41, 5.74) is 2.78. The lowest BCUT2D eigenvalue weighted by Crippen LogP contribution is -2.41. The van der Waals surface area contributed by atoms with E-state index in [4.69, 9.17) is 4.74 Å². The van der Waals surface area contributed by atoms with Crippen molar-refractivity contribution >= 4 is 0 Å². The number of hydrogen-bond acceptors (Lipinski definition) is 2. The molecule has 2 heteroatoms. The van der Waals surface area contributed by atoms with Gasteiger partial charge in [0, 0.05) is 13.2 Å². The average molecular weight is 263 g/mol. The lowest BCUT2D eigenvalue weighted by molar-refractivity contribution is 0.0831. The molecule has 0 radical (unpaired) electrons. The van der Waals surface area contributed by atoms with E-state index in [1.165, 1.54) is 11.1 Å². The summed E-state index contributed by atoms with van der Waals surface area (Å²) < 4.78 is 5.48. The Morgan fingerprint density at radius 1 is 1.11 bits per heavy atom. The second-order valence-electron chi connectivity index (χ2n) is 5.60. The summed E-state index contributed by atoms with van der Waals surface area (Å²) in [4.78, 5) is 0. The minimum Gasteiger partial charge on any atom is -0.380 e. The van der Waals surface area contributed by atoms with Gasteiger partial charge >= 0.3 is 0 Å². The maximum atomic E-state index is 5.48. The van der Waals surface area contributed by atoms with E-state index in [-0.39, 0.29) is 6.10 Å². The Balaban J connectivity index is 2.66. The second kappa shape index (κ2) is 8.34. The molecule has 1 rings (SSSR count). The van der Waals surface area contributed by atoms with Gasteiger partial charge in [0.1, 0.15) is 0 Å². The average Bonchev–Trinajstić information content (AvgIpc) is 2.43. The molecule has 1 N–H and O–H groups in total. The van der Waals surface area contributed by atoms with Crippen LogP contribution >= 0.6 is 0 Å². The van der Waals surface area contributed by atoms with Crippen LogP contribution in [0, 0.1) is 0 Å². The summed E-state index contributed by atoms with van der Waals surface area (Å²) in [7, 11) is 1.78. The Morgan fingerprint density at radius 2 is 1.74 bits per heavy atom. The van der Waals surface area contributed by atoms with Crippen molar-refractivity contribution in [3.8, 4) is 0 Å². The minimum absolute atomic E-state index is 0.233. The fourth-order valence-electron chi connectivity index (χ4n) is 2.19. The minimum atomic E-state index is 0.233. The van der Waals surface area contributed by atoms with Gasteiger partial charge in [-0.15, -0.1) is 0 Å². The molecule has 2 unspecified atom stereocenters. The van der Waals surface area contributed by atoms with E-state index >= 15 is 0 Å². The molecule has 0 aliphatic carbocycles. The molecule has 108 valence electrons. The standard InChI is InChI=1S/C17H29NO/c1-6-11-18-17(14(4)19-5)12-15-7-9-16(10-8-15)13(2)3/h7-10,13-14,17-18H,6,11-12H2,1-5H3. The van der Waals surface area contributed by atoms with Crippen molar-refractivity contribution < 1.29 is 4.74 Å². The van der Waals surface area contributed by atoms with Gasteiger partial charge in [0.15, 0.2) is 0 Å². The number of rotatable bonds is 8. The van der Waals surface area contributed by atoms with E-state index in [1.807, 2.05) is 0 Å². The van der Waals surface area contributed by atoms with Crippen molar-refractivity contribution in [1.29, 1.82) is 0 Å². The Bertz CT molecular complexity index is 345. The largest absolute Gasteiger partial charge is 0.380 e. The SMILES string of the molecule is CCCNC(Cc1ccc(C(C)C)cc1)C(C)OC. The van der Waals surface area contributed by atoms with Crippen molar-refractivity contribution in [2.75, 3.05) is 13.7 Å². The highest BCUT2D eigenvalue weighted by atomic mass is 16.5. The Hall–Kier alpha value is -0.860. The third-order valence-electron chi connectivity index (χ3n) is 3.70. The van der Waals surface area contributed by atoms with Gasteiger partial charge in [0.25, 0.3) is 0 Å². The summed E-state index contributed by atoms with van der Waals surface area (Å²) in [6.45, 7) is 9.83. The molecule has 0 aliphatic rings. The van der Waals surface area contributed by atoms with Crippen molar-refractivity contribution in [2.24, 2.45) is 0 Å². The lowest BCUT2D eigenvalue weighted by atomic mass is 9.97. The van der Waals surface area contributed by atoms with Crippen molar-refractivity contribution in [2.45, 2.75) is 58.6 Å². The molecule has 2 atom stereocenters. The van der Waals surface area contributed by atoms with Gasteiger partial charge in [0.2, 0.25) is 0 Å². The summed E-state index contributed by atoms with van der Waals surface area (Å²) in [5.74, 6) is 0.598. The van der Waals surface area contributed by atoms with E-state index in [1.54, 1.807) is 7.11 Å². The van der Waals surface area contributed by atoms with Crippen molar-refractivity contribution in [3.63, 3.8) is 0 Å². The molecule has 0 saturated heterocycles. The van der Waals surface area contributed by atoms with E-state index in [0.29, 0.717) is 12.0 Å². The molecule has 1 aromatic carbocycles. The molecule has 1 aromatic rings. The molecule has 0 saturated carbocycles. The maximum absolute atomic E-state index is 5.48. The molecular formula is C17H29NO. The Kier molecular flexibility index (Phi) is 7.11. The van der Waals surface area contributed by atoms with Crippen LogP contribution in [0.1, 0.15) is 51.2 Å². The molecule has 0 heterocycles. The van der Waals surface area contributed by atoms with E-state index in [9.17, 15) is 0 Å². The van der Waals surface area contributed by atoms with E-state index < -0.39 is 0 Å². The quantitative estimate of drug-likeness (QED) is 0.771. The highest BCUT2D eigenvalue weighted by Crippen LogP contribution is 2.16. The van der Waals surface area contributed by atoms with Gasteiger partial charge < -0.3 is 10.1 Å². The molecule has 0 bridgehead atoms. The number of benzene rings is 1. The summed E-state index contributed by atoms with van der Waals surface area (Å²) in [6, 6.07) is 9.37. The number of nitrogens with one attached hydrogen (secondary N) is 1. The monoisotopic (exact) mass is 263 g/mol. The zero-order valence-corrected chi connectivity index (χ0v) is 13.1. The maximum Gasteiger partial charge on any atom is 0.0699 e. The molecule has 0 spiro atoms. The zero-order chi connectivity index (χ0) is 14.3. The highest BCUT2D eigenvalue weighted by molar-refractivity contribution is 5.25. The van der Waals surface area contributed by atoms with Crippen LogP contribution < -0.4 is 5.32 Å². The molecular weight excluding hydrogens is 234 g/mol. The highest BCUT2D eigenvalue weighted by Gasteiger charge is 2.16. The van der Waals surface area contributed by atoms with Gasteiger partial charge in [-0.2, -0.15) is 0 Å². The van der Waals surface area contributed by atoms with Crippen LogP contribution in [0.25, 0.3) is 0 Å². The van der Waals surface area contributed by atoms with Gasteiger partial charge in [0.05, 0.1) is 6.10 Å². The fraction of sp³-hybridized carbons (Fsp3) is 0.647. The van der Waals surface area contributed by atoms with Gasteiger partial charge in [-0.1, -0.05) is 45.0 Å². The number of ether oxygens (including phenoxy) is 1. The molecule has 0 aromatic heterocycles. The first-order valence-electron chi connectivity index (χ1n) is 7.43. The molecule has 19 heavy (non-hydrogen) atoms. The third-order valence-corrected chi connectivity index (χ3v) is 3.70. The number of hydrogen-bond donors (Lipinski definition) is 1. The van der Waals surface area contributed by atoms with Crippen LogP contribution in [0.2, 0.25) is 0 Å². The summed E-state index contributed by atoms with van der Waals surface area (Å²) in [5, 5.41) is 3.58. The Labute approximate surface area is 118 Å². The predicted octanol–water partition coefficient (Wildman–Crippen LogP) is 3.76. The van der Waals surface area contributed by atoms with Crippen LogP contribution in [-0.4, -0.2) is 25.8 Å². The molecule has 0 fully saturated rings. The third kappa shape index (κ3) is 5.33. The van der Waals surface area contributed by atoms with Gasteiger partial charge in [-0.05, 0) is 43.4 Å². The van der Waals surface area contributed by atoms with Crippen molar-refractivity contribution in [1.82, 2.24) is 5.32 Å². The summed E-state index contributed by atoms with van der Waals surface area (Å²) >= 11 is 0. The smallest absolute Gasteiger partial charge is 0.0699 e. The van der Waals surface area contributed by atoms with Gasteiger partial charge in [-0.25, -0.2) is 0 Å². The predicted molar refractivity (Wildman–Crippen MR) is 82.8 cm³/mol. The van der Waals surface area contributed by atoms with Crippen LogP contribution in [0.5, 0.6) is 0 Å². The summed E-state index contributed by atoms with van der Waals surface area (Å²) in [6.07, 6.45) is 2.41. The van der Waals surface area contributed by atoms with Crippen LogP contribution in [0.4, 0.5) is 0 Å². The van der Waals surface area contributed by atoms with Crippen LogP contribution in [0.15, 0.2) is 24.3 Å². The van der Waals surface area contributed by atoms with E-state index in [2.05, 4.69) is 57.3 Å². The van der Waals surface area contributed by atoms with Gasteiger partial charge in [-0.3, -0.25) is 0 Å². The first kappa shape index (κ1) is 16.2. The zero-order valence-electron chi connectivity index (χ0n) is 13.1. The first-order valence-corrected chi connectivity index (χ1v) is 7.43. The first-order chi connectivity index (χ1) is 9.08. The lowest BCUT2D eigenvalue weighted by Gasteiger charge is -2.24. The topological polar surface area (TPSA) is 21.3 Å². The van der Waals surface area contributed by atoms with Crippen LogP contribution in [-0.2, 0) is 11.2 Å². The normalized spacial score (nSPS) is 14.6. The molecule has 0 amide bonds.